The molecule has 7 heteroatoms. The summed E-state index contributed by atoms with van der Waals surface area (Å²) in [5.41, 5.74) is 4.93. The van der Waals surface area contributed by atoms with Gasteiger partial charge in [0.1, 0.15) is 18.5 Å². The van der Waals surface area contributed by atoms with E-state index in [9.17, 15) is 19.1 Å². The summed E-state index contributed by atoms with van der Waals surface area (Å²) in [6.45, 7) is 0.0916. The lowest BCUT2D eigenvalue weighted by Crippen LogP contribution is -2.42. The van der Waals surface area contributed by atoms with Crippen LogP contribution in [0.1, 0.15) is 22.6 Å². The summed E-state index contributed by atoms with van der Waals surface area (Å²) < 4.78 is 19.1. The number of carbonyl (C=O) groups is 2. The van der Waals surface area contributed by atoms with Crippen LogP contribution in [-0.4, -0.2) is 29.8 Å². The number of amides is 1. The highest BCUT2D eigenvalue weighted by Crippen LogP contribution is 2.44. The fraction of sp³-hybridized carbons (Fsp3) is 0.167. The number of alkyl carbamates (subject to hydrolysis) is 1. The third-order valence-corrected chi connectivity index (χ3v) is 5.97. The minimum atomic E-state index is -1.20. The van der Waals surface area contributed by atoms with Gasteiger partial charge in [0.25, 0.3) is 0 Å². The van der Waals surface area contributed by atoms with Gasteiger partial charge in [-0.05, 0) is 55.9 Å². The van der Waals surface area contributed by atoms with Crippen LogP contribution in [0.5, 0.6) is 0 Å². The number of carboxylic acids is 1. The van der Waals surface area contributed by atoms with Gasteiger partial charge in [-0.1, -0.05) is 54.6 Å². The molecule has 0 bridgehead atoms. The van der Waals surface area contributed by atoms with E-state index in [1.54, 1.807) is 0 Å². The van der Waals surface area contributed by atoms with E-state index < -0.39 is 23.9 Å². The smallest absolute Gasteiger partial charge is 0.407 e. The van der Waals surface area contributed by atoms with Crippen molar-refractivity contribution < 1.29 is 23.8 Å². The highest BCUT2D eigenvalue weighted by atomic mass is 79.9. The number of benzene rings is 3. The van der Waals surface area contributed by atoms with E-state index in [1.165, 1.54) is 18.2 Å². The molecule has 31 heavy (non-hydrogen) atoms. The number of halogens is 2. The zero-order valence-corrected chi connectivity index (χ0v) is 17.9. The predicted molar refractivity (Wildman–Crippen MR) is 117 cm³/mol. The molecule has 0 saturated heterocycles. The van der Waals surface area contributed by atoms with E-state index in [0.717, 1.165) is 22.3 Å². The first-order chi connectivity index (χ1) is 14.9. The molecule has 4 rings (SSSR count). The number of aliphatic carboxylic acids is 1. The molecule has 1 aliphatic rings. The van der Waals surface area contributed by atoms with Gasteiger partial charge < -0.3 is 15.2 Å². The van der Waals surface area contributed by atoms with Crippen molar-refractivity contribution in [3.8, 4) is 11.1 Å². The molecular weight excluding hydrogens is 465 g/mol. The fourth-order valence-corrected chi connectivity index (χ4v) is 4.31. The first-order valence-electron chi connectivity index (χ1n) is 9.72. The van der Waals surface area contributed by atoms with Gasteiger partial charge in [0.05, 0.1) is 4.47 Å². The van der Waals surface area contributed by atoms with Gasteiger partial charge in [-0.15, -0.1) is 0 Å². The largest absolute Gasteiger partial charge is 0.480 e. The van der Waals surface area contributed by atoms with Gasteiger partial charge in [-0.25, -0.2) is 14.0 Å². The molecule has 2 N–H and O–H groups in total. The average molecular weight is 484 g/mol. The lowest BCUT2D eigenvalue weighted by Gasteiger charge is -2.17. The Hall–Kier alpha value is -3.19. The molecule has 1 atom stereocenters. The van der Waals surface area contributed by atoms with E-state index in [1.807, 2.05) is 48.5 Å². The second-order valence-electron chi connectivity index (χ2n) is 7.31. The zero-order valence-electron chi connectivity index (χ0n) is 16.3. The average Bonchev–Trinajstić information content (AvgIpc) is 3.08. The van der Waals surface area contributed by atoms with Gasteiger partial charge in [0, 0.05) is 12.3 Å². The van der Waals surface area contributed by atoms with Crippen molar-refractivity contribution >= 4 is 28.0 Å². The maximum atomic E-state index is 13.4. The van der Waals surface area contributed by atoms with Crippen LogP contribution in [-0.2, 0) is 16.0 Å². The summed E-state index contributed by atoms with van der Waals surface area (Å²) in [4.78, 5) is 24.0. The van der Waals surface area contributed by atoms with Crippen LogP contribution in [0.2, 0.25) is 0 Å². The van der Waals surface area contributed by atoms with E-state index in [0.29, 0.717) is 5.56 Å². The molecule has 1 amide bonds. The van der Waals surface area contributed by atoms with Crippen molar-refractivity contribution in [1.29, 1.82) is 0 Å². The third kappa shape index (κ3) is 4.46. The number of ether oxygens (including phenoxy) is 1. The van der Waals surface area contributed by atoms with Crippen molar-refractivity contribution in [2.45, 2.75) is 18.4 Å². The minimum Gasteiger partial charge on any atom is -0.480 e. The standard InChI is InChI=1S/C24H19BrFNO4/c25-20-11-14(9-10-21(20)26)12-22(23(28)29)27-24(30)31-13-19-17-7-3-1-5-15(17)16-6-2-4-8-18(16)19/h1-11,19,22H,12-13H2,(H,27,30)(H,28,29)/t22-/m1/s1. The van der Waals surface area contributed by atoms with Crippen LogP contribution in [0.3, 0.4) is 0 Å². The quantitative estimate of drug-likeness (QED) is 0.509. The van der Waals surface area contributed by atoms with Crippen molar-refractivity contribution in [2.24, 2.45) is 0 Å². The van der Waals surface area contributed by atoms with Crippen LogP contribution in [0.4, 0.5) is 9.18 Å². The first kappa shape index (κ1) is 21.1. The van der Waals surface area contributed by atoms with E-state index in [4.69, 9.17) is 4.74 Å². The van der Waals surface area contributed by atoms with Crippen LogP contribution < -0.4 is 5.32 Å². The maximum absolute atomic E-state index is 13.4. The molecule has 0 fully saturated rings. The molecule has 0 heterocycles. The highest BCUT2D eigenvalue weighted by Gasteiger charge is 2.29. The number of hydrogen-bond donors (Lipinski definition) is 2. The molecule has 158 valence electrons. The van der Waals surface area contributed by atoms with Gasteiger partial charge in [-0.3, -0.25) is 0 Å². The predicted octanol–water partition coefficient (Wildman–Crippen LogP) is 5.12. The molecule has 0 spiro atoms. The molecule has 0 saturated carbocycles. The van der Waals surface area contributed by atoms with Crippen molar-refractivity contribution in [2.75, 3.05) is 6.61 Å². The summed E-state index contributed by atoms with van der Waals surface area (Å²) in [5.74, 6) is -1.76. The summed E-state index contributed by atoms with van der Waals surface area (Å²) in [6.07, 6.45) is -0.811. The lowest BCUT2D eigenvalue weighted by atomic mass is 9.98. The van der Waals surface area contributed by atoms with Crippen LogP contribution in [0.15, 0.2) is 71.2 Å². The zero-order chi connectivity index (χ0) is 22.0. The topological polar surface area (TPSA) is 75.6 Å². The lowest BCUT2D eigenvalue weighted by molar-refractivity contribution is -0.139. The van der Waals surface area contributed by atoms with Gasteiger partial charge >= 0.3 is 12.1 Å². The van der Waals surface area contributed by atoms with Crippen LogP contribution in [0.25, 0.3) is 11.1 Å². The molecule has 0 aromatic heterocycles. The molecule has 1 aliphatic carbocycles. The molecule has 0 aliphatic heterocycles. The number of fused-ring (bicyclic) bond motifs is 3. The maximum Gasteiger partial charge on any atom is 0.407 e. The minimum absolute atomic E-state index is 0.00158. The first-order valence-corrected chi connectivity index (χ1v) is 10.5. The van der Waals surface area contributed by atoms with E-state index in [-0.39, 0.29) is 23.4 Å². The summed E-state index contributed by atoms with van der Waals surface area (Å²) >= 11 is 3.08. The number of carboxylic acid groups (broad SMARTS) is 1. The van der Waals surface area contributed by atoms with Crippen LogP contribution in [0, 0.1) is 5.82 Å². The third-order valence-electron chi connectivity index (χ3n) is 5.36. The molecular formula is C24H19BrFNO4. The number of nitrogens with one attached hydrogen (secondary N) is 1. The fourth-order valence-electron chi connectivity index (χ4n) is 3.88. The van der Waals surface area contributed by atoms with Gasteiger partial charge in [-0.2, -0.15) is 0 Å². The van der Waals surface area contributed by atoms with E-state index >= 15 is 0 Å². The van der Waals surface area contributed by atoms with Crippen LogP contribution >= 0.6 is 15.9 Å². The summed E-state index contributed by atoms with van der Waals surface area (Å²) in [6, 6.07) is 18.9. The van der Waals surface area contributed by atoms with Gasteiger partial charge in [0.2, 0.25) is 0 Å². The molecule has 0 unspecified atom stereocenters. The van der Waals surface area contributed by atoms with Gasteiger partial charge in [0.15, 0.2) is 0 Å². The number of rotatable bonds is 6. The second-order valence-corrected chi connectivity index (χ2v) is 8.17. The Bertz CT molecular complexity index is 1100. The molecule has 5 nitrogen and oxygen atoms in total. The highest BCUT2D eigenvalue weighted by molar-refractivity contribution is 9.10. The second kappa shape index (κ2) is 8.89. The Morgan fingerprint density at radius 3 is 2.23 bits per heavy atom. The molecule has 0 radical (unpaired) electrons. The SMILES string of the molecule is O=C(N[C@H](Cc1ccc(F)c(Br)c1)C(=O)O)OCC1c2ccccc2-c2ccccc21. The molecule has 3 aromatic rings. The Kier molecular flexibility index (Phi) is 6.04. The summed E-state index contributed by atoms with van der Waals surface area (Å²) in [7, 11) is 0. The number of hydrogen-bond acceptors (Lipinski definition) is 3. The molecule has 3 aromatic carbocycles. The van der Waals surface area contributed by atoms with E-state index in [2.05, 4.69) is 21.2 Å². The Labute approximate surface area is 187 Å². The monoisotopic (exact) mass is 483 g/mol. The Balaban J connectivity index is 1.43. The summed E-state index contributed by atoms with van der Waals surface area (Å²) in [5, 5.41) is 11.9. The van der Waals surface area contributed by atoms with Crippen molar-refractivity contribution in [1.82, 2.24) is 5.32 Å². The Morgan fingerprint density at radius 1 is 1.03 bits per heavy atom. The van der Waals surface area contributed by atoms with Crippen molar-refractivity contribution in [3.63, 3.8) is 0 Å². The normalized spacial score (nSPS) is 13.2. The van der Waals surface area contributed by atoms with Crippen molar-refractivity contribution in [3.05, 3.63) is 93.7 Å². The number of carbonyl (C=O) groups excluding carboxylic acids is 1. The Morgan fingerprint density at radius 2 is 1.65 bits per heavy atom.